The molecule has 3 heteroatoms. The molecule has 3 atom stereocenters. The van der Waals surface area contributed by atoms with Crippen LogP contribution in [0.1, 0.15) is 24.8 Å². The van der Waals surface area contributed by atoms with Crippen LogP contribution in [0.25, 0.3) is 0 Å². The lowest BCUT2D eigenvalue weighted by Gasteiger charge is -2.25. The van der Waals surface area contributed by atoms with Crippen LogP contribution in [0.2, 0.25) is 0 Å². The molecule has 1 aromatic rings. The highest BCUT2D eigenvalue weighted by molar-refractivity contribution is 5.15. The van der Waals surface area contributed by atoms with Gasteiger partial charge in [0, 0.05) is 12.0 Å². The van der Waals surface area contributed by atoms with E-state index >= 15 is 0 Å². The summed E-state index contributed by atoms with van der Waals surface area (Å²) in [5.41, 5.74) is 7.34. The molecular weight excluding hydrogens is 214 g/mol. The first-order valence-electron chi connectivity index (χ1n) is 6.34. The summed E-state index contributed by atoms with van der Waals surface area (Å²) < 4.78 is 0. The van der Waals surface area contributed by atoms with E-state index in [1.807, 2.05) is 18.2 Å². The predicted molar refractivity (Wildman–Crippen MR) is 67.5 cm³/mol. The lowest BCUT2D eigenvalue weighted by molar-refractivity contribution is 0.0486. The first kappa shape index (κ1) is 12.6. The number of aryl methyl sites for hydroxylation is 1. The molecule has 1 aromatic carbocycles. The van der Waals surface area contributed by atoms with Crippen molar-refractivity contribution in [2.75, 3.05) is 0 Å². The summed E-state index contributed by atoms with van der Waals surface area (Å²) in [4.78, 5) is 0. The standard InChI is InChI=1S/C14H21NO2/c15-11(14-12(16)8-9-13(14)17)7-6-10-4-2-1-3-5-10/h1-5,11-14,16-17H,6-9,15H2/t11-,12-,13-/m0/s1. The molecule has 1 aliphatic carbocycles. The Balaban J connectivity index is 1.87. The molecule has 0 spiro atoms. The second-order valence-electron chi connectivity index (χ2n) is 4.98. The van der Waals surface area contributed by atoms with Gasteiger partial charge in [0.25, 0.3) is 0 Å². The monoisotopic (exact) mass is 235 g/mol. The van der Waals surface area contributed by atoms with E-state index in [-0.39, 0.29) is 12.0 Å². The Bertz CT molecular complexity index is 331. The summed E-state index contributed by atoms with van der Waals surface area (Å²) in [5, 5.41) is 19.6. The maximum atomic E-state index is 9.79. The quantitative estimate of drug-likeness (QED) is 0.731. The van der Waals surface area contributed by atoms with E-state index in [1.165, 1.54) is 5.56 Å². The zero-order valence-corrected chi connectivity index (χ0v) is 10.00. The minimum Gasteiger partial charge on any atom is -0.393 e. The third-order valence-electron chi connectivity index (χ3n) is 3.75. The number of benzene rings is 1. The molecule has 94 valence electrons. The number of hydrogen-bond acceptors (Lipinski definition) is 3. The average molecular weight is 235 g/mol. The van der Waals surface area contributed by atoms with E-state index in [0.29, 0.717) is 12.8 Å². The molecule has 1 fully saturated rings. The van der Waals surface area contributed by atoms with Crippen LogP contribution in [0.5, 0.6) is 0 Å². The third-order valence-corrected chi connectivity index (χ3v) is 3.75. The minimum atomic E-state index is -0.434. The molecule has 0 aliphatic heterocycles. The van der Waals surface area contributed by atoms with Gasteiger partial charge in [-0.1, -0.05) is 30.3 Å². The van der Waals surface area contributed by atoms with Crippen LogP contribution >= 0.6 is 0 Å². The molecule has 4 N–H and O–H groups in total. The van der Waals surface area contributed by atoms with Crippen molar-refractivity contribution in [3.63, 3.8) is 0 Å². The number of nitrogens with two attached hydrogens (primary N) is 1. The van der Waals surface area contributed by atoms with Crippen molar-refractivity contribution < 1.29 is 10.2 Å². The van der Waals surface area contributed by atoms with E-state index in [2.05, 4.69) is 12.1 Å². The van der Waals surface area contributed by atoms with Crippen molar-refractivity contribution in [2.24, 2.45) is 11.7 Å². The lowest BCUT2D eigenvalue weighted by atomic mass is 9.90. The first-order chi connectivity index (χ1) is 8.18. The van der Waals surface area contributed by atoms with Gasteiger partial charge in [0.05, 0.1) is 12.2 Å². The maximum absolute atomic E-state index is 9.79. The van der Waals surface area contributed by atoms with Crippen molar-refractivity contribution in [3.05, 3.63) is 35.9 Å². The fourth-order valence-corrected chi connectivity index (χ4v) is 2.72. The van der Waals surface area contributed by atoms with Crippen molar-refractivity contribution in [1.29, 1.82) is 0 Å². The topological polar surface area (TPSA) is 66.5 Å². The highest BCUT2D eigenvalue weighted by Gasteiger charge is 2.37. The van der Waals surface area contributed by atoms with Gasteiger partial charge in [0.1, 0.15) is 0 Å². The smallest absolute Gasteiger partial charge is 0.0608 e. The Morgan fingerprint density at radius 3 is 2.29 bits per heavy atom. The molecule has 0 heterocycles. The Labute approximate surface area is 102 Å². The minimum absolute atomic E-state index is 0.122. The SMILES string of the molecule is N[C@@H](CCc1ccccc1)C1[C@@H](O)CC[C@@H]1O. The normalized spacial score (nSPS) is 27.2. The van der Waals surface area contributed by atoms with Crippen LogP contribution in [-0.4, -0.2) is 28.5 Å². The second kappa shape index (κ2) is 5.63. The van der Waals surface area contributed by atoms with Crippen LogP contribution in [0.4, 0.5) is 0 Å². The molecule has 0 saturated heterocycles. The molecular formula is C14H21NO2. The summed E-state index contributed by atoms with van der Waals surface area (Å²) in [6, 6.07) is 10.1. The fraction of sp³-hybridized carbons (Fsp3) is 0.571. The van der Waals surface area contributed by atoms with Gasteiger partial charge in [0.2, 0.25) is 0 Å². The zero-order valence-electron chi connectivity index (χ0n) is 10.00. The largest absolute Gasteiger partial charge is 0.393 e. The molecule has 0 bridgehead atoms. The van der Waals surface area contributed by atoms with Gasteiger partial charge in [-0.15, -0.1) is 0 Å². The van der Waals surface area contributed by atoms with E-state index in [9.17, 15) is 10.2 Å². The Morgan fingerprint density at radius 1 is 1.12 bits per heavy atom. The average Bonchev–Trinajstić information content (AvgIpc) is 2.67. The number of hydrogen-bond donors (Lipinski definition) is 3. The molecule has 1 saturated carbocycles. The first-order valence-corrected chi connectivity index (χ1v) is 6.34. The van der Waals surface area contributed by atoms with Gasteiger partial charge in [-0.2, -0.15) is 0 Å². The van der Waals surface area contributed by atoms with Gasteiger partial charge in [-0.25, -0.2) is 0 Å². The van der Waals surface area contributed by atoms with E-state index in [4.69, 9.17) is 5.73 Å². The number of aliphatic hydroxyl groups is 2. The Morgan fingerprint density at radius 2 is 1.71 bits per heavy atom. The zero-order chi connectivity index (χ0) is 12.3. The summed E-state index contributed by atoms with van der Waals surface area (Å²) in [6.07, 6.45) is 2.18. The molecule has 0 radical (unpaired) electrons. The molecule has 1 aliphatic rings. The lowest BCUT2D eigenvalue weighted by Crippen LogP contribution is -2.40. The number of aliphatic hydroxyl groups excluding tert-OH is 2. The van der Waals surface area contributed by atoms with Crippen LogP contribution in [0, 0.1) is 5.92 Å². The third kappa shape index (κ3) is 3.06. The highest BCUT2D eigenvalue weighted by atomic mass is 16.3. The van der Waals surface area contributed by atoms with E-state index < -0.39 is 12.2 Å². The summed E-state index contributed by atoms with van der Waals surface area (Å²) in [7, 11) is 0. The Kier molecular flexibility index (Phi) is 4.15. The summed E-state index contributed by atoms with van der Waals surface area (Å²) in [5.74, 6) is -0.154. The summed E-state index contributed by atoms with van der Waals surface area (Å²) >= 11 is 0. The summed E-state index contributed by atoms with van der Waals surface area (Å²) in [6.45, 7) is 0. The molecule has 0 aromatic heterocycles. The fourth-order valence-electron chi connectivity index (χ4n) is 2.72. The Hall–Kier alpha value is -0.900. The van der Waals surface area contributed by atoms with Crippen LogP contribution in [0.3, 0.4) is 0 Å². The van der Waals surface area contributed by atoms with Gasteiger partial charge in [-0.05, 0) is 31.2 Å². The predicted octanol–water partition coefficient (Wildman–Crippen LogP) is 1.08. The van der Waals surface area contributed by atoms with Crippen molar-refractivity contribution >= 4 is 0 Å². The van der Waals surface area contributed by atoms with Gasteiger partial charge in [0.15, 0.2) is 0 Å². The molecule has 0 amide bonds. The van der Waals surface area contributed by atoms with Crippen LogP contribution in [-0.2, 0) is 6.42 Å². The number of rotatable bonds is 4. The van der Waals surface area contributed by atoms with Crippen LogP contribution < -0.4 is 5.73 Å². The van der Waals surface area contributed by atoms with Crippen LogP contribution in [0.15, 0.2) is 30.3 Å². The second-order valence-corrected chi connectivity index (χ2v) is 4.98. The molecule has 2 rings (SSSR count). The highest BCUT2D eigenvalue weighted by Crippen LogP contribution is 2.29. The molecule has 17 heavy (non-hydrogen) atoms. The van der Waals surface area contributed by atoms with Crippen molar-refractivity contribution in [1.82, 2.24) is 0 Å². The van der Waals surface area contributed by atoms with E-state index in [1.54, 1.807) is 0 Å². The maximum Gasteiger partial charge on any atom is 0.0608 e. The van der Waals surface area contributed by atoms with Crippen molar-refractivity contribution in [2.45, 2.75) is 43.9 Å². The van der Waals surface area contributed by atoms with Gasteiger partial charge in [-0.3, -0.25) is 0 Å². The van der Waals surface area contributed by atoms with E-state index in [0.717, 1.165) is 12.8 Å². The molecule has 3 nitrogen and oxygen atoms in total. The van der Waals surface area contributed by atoms with Gasteiger partial charge >= 0.3 is 0 Å². The van der Waals surface area contributed by atoms with Crippen molar-refractivity contribution in [3.8, 4) is 0 Å². The van der Waals surface area contributed by atoms with Gasteiger partial charge < -0.3 is 15.9 Å². The molecule has 0 unspecified atom stereocenters.